The van der Waals surface area contributed by atoms with Crippen molar-refractivity contribution in [2.75, 3.05) is 0 Å². The minimum Gasteiger partial charge on any atom is -0.338 e. The van der Waals surface area contributed by atoms with Crippen molar-refractivity contribution < 1.29 is 4.52 Å². The number of hydrogen-bond donors (Lipinski definition) is 0. The summed E-state index contributed by atoms with van der Waals surface area (Å²) in [4.78, 5) is 9.58. The fourth-order valence-corrected chi connectivity index (χ4v) is 2.70. The fraction of sp³-hybridized carbons (Fsp3) is 0.188. The summed E-state index contributed by atoms with van der Waals surface area (Å²) < 4.78 is 5.30. The molecule has 1 aromatic carbocycles. The van der Waals surface area contributed by atoms with Crippen LogP contribution in [-0.4, -0.2) is 15.1 Å². The van der Waals surface area contributed by atoms with Crippen LogP contribution in [0.25, 0.3) is 0 Å². The van der Waals surface area contributed by atoms with Crippen molar-refractivity contribution in [2.45, 2.75) is 24.0 Å². The van der Waals surface area contributed by atoms with E-state index >= 15 is 0 Å². The molecule has 0 fully saturated rings. The molecule has 0 saturated heterocycles. The maximum absolute atomic E-state index is 5.30. The normalized spacial score (nSPS) is 10.7. The van der Waals surface area contributed by atoms with E-state index in [-0.39, 0.29) is 0 Å². The lowest BCUT2D eigenvalue weighted by molar-refractivity contribution is 0.386. The molecule has 3 aromatic rings. The number of pyridine rings is 1. The summed E-state index contributed by atoms with van der Waals surface area (Å²) in [5, 5.41) is 4.05. The van der Waals surface area contributed by atoms with Crippen LogP contribution in [0.3, 0.4) is 0 Å². The zero-order valence-corrected chi connectivity index (χ0v) is 12.5. The second kappa shape index (κ2) is 6.54. The van der Waals surface area contributed by atoms with Crippen LogP contribution in [0.1, 0.15) is 22.8 Å². The highest BCUT2D eigenvalue weighted by atomic mass is 32.2. The molecule has 5 heteroatoms. The molecule has 0 atom stereocenters. The average Bonchev–Trinajstić information content (AvgIpc) is 2.96. The van der Waals surface area contributed by atoms with Gasteiger partial charge in [0.1, 0.15) is 0 Å². The molecule has 0 aliphatic rings. The Bertz CT molecular complexity index is 712. The van der Waals surface area contributed by atoms with Crippen LogP contribution in [0.4, 0.5) is 0 Å². The van der Waals surface area contributed by atoms with Crippen LogP contribution in [0.15, 0.2) is 58.2 Å². The first-order valence-electron chi connectivity index (χ1n) is 6.70. The zero-order chi connectivity index (χ0) is 14.5. The molecule has 106 valence electrons. The minimum atomic E-state index is 0.653. The molecule has 0 spiro atoms. The van der Waals surface area contributed by atoms with Crippen molar-refractivity contribution in [3.63, 3.8) is 0 Å². The van der Waals surface area contributed by atoms with Crippen LogP contribution in [0, 0.1) is 6.92 Å². The van der Waals surface area contributed by atoms with Crippen molar-refractivity contribution in [1.29, 1.82) is 0 Å². The zero-order valence-electron chi connectivity index (χ0n) is 11.7. The molecule has 0 unspecified atom stereocenters. The lowest BCUT2D eigenvalue weighted by Crippen LogP contribution is -1.93. The van der Waals surface area contributed by atoms with Gasteiger partial charge in [-0.2, -0.15) is 4.98 Å². The van der Waals surface area contributed by atoms with Gasteiger partial charge >= 0.3 is 0 Å². The monoisotopic (exact) mass is 297 g/mol. The van der Waals surface area contributed by atoms with E-state index in [1.165, 1.54) is 11.1 Å². The third kappa shape index (κ3) is 3.70. The Labute approximate surface area is 127 Å². The van der Waals surface area contributed by atoms with Crippen LogP contribution in [0.5, 0.6) is 0 Å². The lowest BCUT2D eigenvalue weighted by Gasteiger charge is -2.00. The van der Waals surface area contributed by atoms with E-state index in [1.807, 2.05) is 24.3 Å². The Balaban J connectivity index is 1.63. The van der Waals surface area contributed by atoms with E-state index in [9.17, 15) is 0 Å². The molecular weight excluding hydrogens is 282 g/mol. The molecule has 0 N–H and O–H groups in total. The van der Waals surface area contributed by atoms with Gasteiger partial charge in [-0.25, -0.2) is 0 Å². The van der Waals surface area contributed by atoms with Crippen molar-refractivity contribution >= 4 is 11.8 Å². The van der Waals surface area contributed by atoms with E-state index < -0.39 is 0 Å². The summed E-state index contributed by atoms with van der Waals surface area (Å²) in [5.41, 5.74) is 2.47. The predicted molar refractivity (Wildman–Crippen MR) is 82.1 cm³/mol. The van der Waals surface area contributed by atoms with Gasteiger partial charge in [-0.15, -0.1) is 11.8 Å². The summed E-state index contributed by atoms with van der Waals surface area (Å²) in [6.45, 7) is 2.09. The summed E-state index contributed by atoms with van der Waals surface area (Å²) >= 11 is 1.66. The van der Waals surface area contributed by atoms with Gasteiger partial charge in [-0.1, -0.05) is 29.4 Å². The quantitative estimate of drug-likeness (QED) is 0.673. The molecule has 3 rings (SSSR count). The minimum absolute atomic E-state index is 0.653. The first-order valence-corrected chi connectivity index (χ1v) is 7.68. The number of hydrogen-bond acceptors (Lipinski definition) is 5. The first-order chi connectivity index (χ1) is 10.3. The van der Waals surface area contributed by atoms with Gasteiger partial charge in [0.2, 0.25) is 5.89 Å². The van der Waals surface area contributed by atoms with E-state index in [2.05, 4.69) is 34.2 Å². The molecule has 0 aliphatic carbocycles. The maximum atomic E-state index is 5.30. The van der Waals surface area contributed by atoms with Crippen molar-refractivity contribution in [3.05, 3.63) is 71.6 Å². The number of rotatable bonds is 5. The Morgan fingerprint density at radius 2 is 1.90 bits per heavy atom. The van der Waals surface area contributed by atoms with Crippen LogP contribution in [-0.2, 0) is 12.2 Å². The molecule has 2 aromatic heterocycles. The van der Waals surface area contributed by atoms with Crippen LogP contribution in [0.2, 0.25) is 0 Å². The third-order valence-corrected chi connectivity index (χ3v) is 4.13. The van der Waals surface area contributed by atoms with Gasteiger partial charge in [-0.3, -0.25) is 4.98 Å². The van der Waals surface area contributed by atoms with Crippen molar-refractivity contribution in [3.8, 4) is 0 Å². The number of aromatic nitrogens is 3. The smallest absolute Gasteiger partial charge is 0.237 e. The topological polar surface area (TPSA) is 51.8 Å². The van der Waals surface area contributed by atoms with E-state index in [0.29, 0.717) is 18.1 Å². The van der Waals surface area contributed by atoms with E-state index in [1.54, 1.807) is 24.2 Å². The highest BCUT2D eigenvalue weighted by Crippen LogP contribution is 2.21. The molecule has 4 nitrogen and oxygen atoms in total. The molecule has 2 heterocycles. The molecule has 21 heavy (non-hydrogen) atoms. The maximum Gasteiger partial charge on any atom is 0.237 e. The second-order valence-electron chi connectivity index (χ2n) is 4.68. The first kappa shape index (κ1) is 13.8. The molecular formula is C16H15N3OS. The number of nitrogens with zero attached hydrogens (tertiary/aromatic N) is 3. The largest absolute Gasteiger partial charge is 0.338 e. The summed E-state index contributed by atoms with van der Waals surface area (Å²) in [7, 11) is 0. The molecule has 0 bridgehead atoms. The lowest BCUT2D eigenvalue weighted by atomic mass is 10.1. The predicted octanol–water partition coefficient (Wildman–Crippen LogP) is 3.66. The van der Waals surface area contributed by atoms with Crippen molar-refractivity contribution in [1.82, 2.24) is 15.1 Å². The second-order valence-corrected chi connectivity index (χ2v) is 5.73. The Morgan fingerprint density at radius 1 is 1.10 bits per heavy atom. The summed E-state index contributed by atoms with van der Waals surface area (Å²) in [5.74, 6) is 2.06. The van der Waals surface area contributed by atoms with Crippen molar-refractivity contribution in [2.24, 2.45) is 0 Å². The highest BCUT2D eigenvalue weighted by molar-refractivity contribution is 7.98. The number of aryl methyl sites for hydroxylation is 1. The third-order valence-electron chi connectivity index (χ3n) is 3.13. The van der Waals surface area contributed by atoms with Gasteiger partial charge in [0.25, 0.3) is 0 Å². The number of thioether (sulfide) groups is 1. The Hall–Kier alpha value is -2.14. The number of benzene rings is 1. The van der Waals surface area contributed by atoms with Gasteiger partial charge in [0.15, 0.2) is 5.82 Å². The van der Waals surface area contributed by atoms with Gasteiger partial charge < -0.3 is 4.52 Å². The fourth-order valence-electron chi connectivity index (χ4n) is 1.98. The Kier molecular flexibility index (Phi) is 4.31. The van der Waals surface area contributed by atoms with E-state index in [4.69, 9.17) is 4.52 Å². The SMILES string of the molecule is Cc1ccccc1Cc1noc(CSc2ccncc2)n1. The van der Waals surface area contributed by atoms with Crippen LogP contribution < -0.4 is 0 Å². The molecule has 0 radical (unpaired) electrons. The van der Waals surface area contributed by atoms with Gasteiger partial charge in [-0.05, 0) is 30.2 Å². The average molecular weight is 297 g/mol. The molecule has 0 saturated carbocycles. The molecule has 0 aliphatic heterocycles. The highest BCUT2D eigenvalue weighted by Gasteiger charge is 2.08. The van der Waals surface area contributed by atoms with Gasteiger partial charge in [0, 0.05) is 23.7 Å². The Morgan fingerprint density at radius 3 is 2.71 bits per heavy atom. The van der Waals surface area contributed by atoms with E-state index in [0.717, 1.165) is 10.7 Å². The summed E-state index contributed by atoms with van der Waals surface area (Å²) in [6, 6.07) is 12.2. The standard InChI is InChI=1S/C16H15N3OS/c1-12-4-2-3-5-13(12)10-15-18-16(20-19-15)11-21-14-6-8-17-9-7-14/h2-9H,10-11H2,1H3. The van der Waals surface area contributed by atoms with Crippen LogP contribution >= 0.6 is 11.8 Å². The summed E-state index contributed by atoms with van der Waals surface area (Å²) in [6.07, 6.45) is 4.26. The van der Waals surface area contributed by atoms with Gasteiger partial charge in [0.05, 0.1) is 5.75 Å². The molecule has 0 amide bonds.